The fraction of sp³-hybridized carbons (Fsp3) is 0.304. The number of amides is 1. The van der Waals surface area contributed by atoms with Gasteiger partial charge >= 0.3 is 0 Å². The van der Waals surface area contributed by atoms with E-state index in [9.17, 15) is 4.79 Å². The van der Waals surface area contributed by atoms with Gasteiger partial charge in [0.15, 0.2) is 6.04 Å². The summed E-state index contributed by atoms with van der Waals surface area (Å²) in [5.74, 6) is -0.0996. The van der Waals surface area contributed by atoms with Gasteiger partial charge in [0.1, 0.15) is 0 Å². The SMILES string of the molecule is O=C(Nc1ccc(N2CCCCCC2)cc1)C(c1ccccc1)n1cccn1. The molecule has 1 aromatic heterocycles. The van der Waals surface area contributed by atoms with Crippen molar-refractivity contribution < 1.29 is 4.79 Å². The zero-order valence-electron chi connectivity index (χ0n) is 16.0. The van der Waals surface area contributed by atoms with E-state index in [1.807, 2.05) is 54.7 Å². The van der Waals surface area contributed by atoms with E-state index in [-0.39, 0.29) is 5.91 Å². The lowest BCUT2D eigenvalue weighted by Gasteiger charge is -2.23. The van der Waals surface area contributed by atoms with Crippen molar-refractivity contribution in [1.82, 2.24) is 9.78 Å². The molecule has 1 unspecified atom stereocenters. The van der Waals surface area contributed by atoms with Gasteiger partial charge < -0.3 is 10.2 Å². The number of benzene rings is 2. The molecule has 0 saturated carbocycles. The lowest BCUT2D eigenvalue weighted by atomic mass is 10.1. The number of aromatic nitrogens is 2. The summed E-state index contributed by atoms with van der Waals surface area (Å²) in [6.07, 6.45) is 8.65. The Hall–Kier alpha value is -3.08. The number of carbonyl (C=O) groups excluding carboxylic acids is 1. The molecule has 5 nitrogen and oxygen atoms in total. The largest absolute Gasteiger partial charge is 0.372 e. The second kappa shape index (κ2) is 8.74. The van der Waals surface area contributed by atoms with E-state index in [1.165, 1.54) is 31.4 Å². The molecule has 0 radical (unpaired) electrons. The van der Waals surface area contributed by atoms with Crippen LogP contribution < -0.4 is 10.2 Å². The second-order valence-corrected chi connectivity index (χ2v) is 7.24. The first kappa shape index (κ1) is 18.3. The number of nitrogens with zero attached hydrogens (tertiary/aromatic N) is 3. The van der Waals surface area contributed by atoms with Gasteiger partial charge in [0, 0.05) is 36.9 Å². The molecular formula is C23H26N4O. The van der Waals surface area contributed by atoms with Crippen LogP contribution in [-0.4, -0.2) is 28.8 Å². The van der Waals surface area contributed by atoms with Crippen molar-refractivity contribution in [2.24, 2.45) is 0 Å². The molecule has 1 N–H and O–H groups in total. The summed E-state index contributed by atoms with van der Waals surface area (Å²) in [5, 5.41) is 7.34. The summed E-state index contributed by atoms with van der Waals surface area (Å²) in [6, 6.07) is 19.3. The highest BCUT2D eigenvalue weighted by Crippen LogP contribution is 2.24. The first-order valence-corrected chi connectivity index (χ1v) is 10.0. The number of anilines is 2. The van der Waals surface area contributed by atoms with E-state index in [1.54, 1.807) is 10.9 Å². The van der Waals surface area contributed by atoms with E-state index in [0.29, 0.717) is 0 Å². The smallest absolute Gasteiger partial charge is 0.253 e. The van der Waals surface area contributed by atoms with Crippen LogP contribution in [0.5, 0.6) is 0 Å². The van der Waals surface area contributed by atoms with Crippen LogP contribution in [0.2, 0.25) is 0 Å². The molecule has 28 heavy (non-hydrogen) atoms. The molecule has 0 aliphatic carbocycles. The monoisotopic (exact) mass is 374 g/mol. The summed E-state index contributed by atoms with van der Waals surface area (Å²) in [5.41, 5.74) is 2.94. The molecule has 3 aromatic rings. The van der Waals surface area contributed by atoms with E-state index < -0.39 is 6.04 Å². The van der Waals surface area contributed by atoms with Gasteiger partial charge in [-0.05, 0) is 48.7 Å². The van der Waals surface area contributed by atoms with Gasteiger partial charge in [-0.15, -0.1) is 0 Å². The van der Waals surface area contributed by atoms with Gasteiger partial charge in [-0.1, -0.05) is 43.2 Å². The van der Waals surface area contributed by atoms with Crippen LogP contribution in [0.3, 0.4) is 0 Å². The van der Waals surface area contributed by atoms with Gasteiger partial charge in [0.25, 0.3) is 5.91 Å². The summed E-state index contributed by atoms with van der Waals surface area (Å²) in [4.78, 5) is 15.5. The average Bonchev–Trinajstić information content (AvgIpc) is 3.10. The van der Waals surface area contributed by atoms with Gasteiger partial charge in [-0.2, -0.15) is 5.10 Å². The Morgan fingerprint density at radius 1 is 0.893 bits per heavy atom. The van der Waals surface area contributed by atoms with Crippen molar-refractivity contribution in [1.29, 1.82) is 0 Å². The number of carbonyl (C=O) groups is 1. The Balaban J connectivity index is 1.50. The molecule has 1 aliphatic rings. The van der Waals surface area contributed by atoms with Crippen LogP contribution in [0.1, 0.15) is 37.3 Å². The maximum absolute atomic E-state index is 13.1. The number of hydrogen-bond donors (Lipinski definition) is 1. The van der Waals surface area contributed by atoms with Gasteiger partial charge in [0.2, 0.25) is 0 Å². The zero-order valence-corrected chi connectivity index (χ0v) is 16.0. The molecule has 0 bridgehead atoms. The van der Waals surface area contributed by atoms with Crippen LogP contribution in [0.25, 0.3) is 0 Å². The molecule has 0 spiro atoms. The highest BCUT2D eigenvalue weighted by atomic mass is 16.2. The first-order chi connectivity index (χ1) is 13.8. The minimum absolute atomic E-state index is 0.0996. The molecule has 144 valence electrons. The predicted octanol–water partition coefficient (Wildman–Crippen LogP) is 4.49. The van der Waals surface area contributed by atoms with Crippen molar-refractivity contribution >= 4 is 17.3 Å². The molecular weight excluding hydrogens is 348 g/mol. The molecule has 1 saturated heterocycles. The van der Waals surface area contributed by atoms with Crippen molar-refractivity contribution in [3.05, 3.63) is 78.6 Å². The van der Waals surface area contributed by atoms with Crippen molar-refractivity contribution in [3.8, 4) is 0 Å². The molecule has 1 fully saturated rings. The summed E-state index contributed by atoms with van der Waals surface area (Å²) < 4.78 is 1.69. The van der Waals surface area contributed by atoms with E-state index >= 15 is 0 Å². The minimum Gasteiger partial charge on any atom is -0.372 e. The lowest BCUT2D eigenvalue weighted by molar-refractivity contribution is -0.118. The maximum Gasteiger partial charge on any atom is 0.253 e. The third kappa shape index (κ3) is 4.25. The Kier molecular flexibility index (Phi) is 5.71. The highest BCUT2D eigenvalue weighted by molar-refractivity contribution is 5.95. The van der Waals surface area contributed by atoms with Crippen LogP contribution in [0, 0.1) is 0 Å². The van der Waals surface area contributed by atoms with Crippen LogP contribution >= 0.6 is 0 Å². The van der Waals surface area contributed by atoms with E-state index in [4.69, 9.17) is 0 Å². The standard InChI is InChI=1S/C23H26N4O/c28-23(22(27-18-8-15-24-27)19-9-4-3-5-10-19)25-20-11-13-21(14-12-20)26-16-6-1-2-7-17-26/h3-5,8-15,18,22H,1-2,6-7,16-17H2,(H,25,28). The van der Waals surface area contributed by atoms with Crippen molar-refractivity contribution in [2.45, 2.75) is 31.7 Å². The van der Waals surface area contributed by atoms with Gasteiger partial charge in [-0.3, -0.25) is 9.48 Å². The molecule has 5 heteroatoms. The quantitative estimate of drug-likeness (QED) is 0.716. The predicted molar refractivity (Wildman–Crippen MR) is 113 cm³/mol. The van der Waals surface area contributed by atoms with Crippen LogP contribution in [0.15, 0.2) is 73.1 Å². The fourth-order valence-corrected chi connectivity index (χ4v) is 3.79. The third-order valence-electron chi connectivity index (χ3n) is 5.26. The lowest BCUT2D eigenvalue weighted by Crippen LogP contribution is -2.27. The molecule has 1 atom stereocenters. The molecule has 2 heterocycles. The number of nitrogens with one attached hydrogen (secondary N) is 1. The Labute approximate surface area is 166 Å². The number of rotatable bonds is 5. The topological polar surface area (TPSA) is 50.2 Å². The second-order valence-electron chi connectivity index (χ2n) is 7.24. The van der Waals surface area contributed by atoms with Gasteiger partial charge in [0.05, 0.1) is 0 Å². The van der Waals surface area contributed by atoms with Gasteiger partial charge in [-0.25, -0.2) is 0 Å². The summed E-state index contributed by atoms with van der Waals surface area (Å²) in [7, 11) is 0. The first-order valence-electron chi connectivity index (χ1n) is 10.0. The summed E-state index contributed by atoms with van der Waals surface area (Å²) >= 11 is 0. The van der Waals surface area contributed by atoms with Crippen molar-refractivity contribution in [2.75, 3.05) is 23.3 Å². The van der Waals surface area contributed by atoms with Crippen LogP contribution in [0.4, 0.5) is 11.4 Å². The third-order valence-corrected chi connectivity index (χ3v) is 5.26. The average molecular weight is 374 g/mol. The number of hydrogen-bond acceptors (Lipinski definition) is 3. The molecule has 4 rings (SSSR count). The highest BCUT2D eigenvalue weighted by Gasteiger charge is 2.23. The zero-order chi connectivity index (χ0) is 19.2. The maximum atomic E-state index is 13.1. The Bertz CT molecular complexity index is 867. The minimum atomic E-state index is -0.499. The van der Waals surface area contributed by atoms with E-state index in [0.717, 1.165) is 24.3 Å². The Morgan fingerprint density at radius 3 is 2.25 bits per heavy atom. The molecule has 1 aliphatic heterocycles. The fourth-order valence-electron chi connectivity index (χ4n) is 3.79. The van der Waals surface area contributed by atoms with Crippen LogP contribution in [-0.2, 0) is 4.79 Å². The summed E-state index contributed by atoms with van der Waals surface area (Å²) in [6.45, 7) is 2.22. The van der Waals surface area contributed by atoms with Crippen molar-refractivity contribution in [3.63, 3.8) is 0 Å². The molecule has 2 aromatic carbocycles. The normalized spacial score (nSPS) is 15.6. The molecule has 1 amide bonds. The Morgan fingerprint density at radius 2 is 1.61 bits per heavy atom. The van der Waals surface area contributed by atoms with E-state index in [2.05, 4.69) is 27.4 Å².